The van der Waals surface area contributed by atoms with Crippen molar-refractivity contribution in [3.05, 3.63) is 11.8 Å². The Labute approximate surface area is 72.8 Å². The molecule has 12 heavy (non-hydrogen) atoms. The van der Waals surface area contributed by atoms with Crippen molar-refractivity contribution in [3.8, 4) is 0 Å². The Bertz CT molecular complexity index is 187. The van der Waals surface area contributed by atoms with Gasteiger partial charge in [0, 0.05) is 18.5 Å². The molecule has 1 N–H and O–H groups in total. The van der Waals surface area contributed by atoms with E-state index < -0.39 is 0 Å². The predicted molar refractivity (Wildman–Crippen MR) is 46.8 cm³/mol. The van der Waals surface area contributed by atoms with Crippen LogP contribution < -0.4 is 5.32 Å². The van der Waals surface area contributed by atoms with Gasteiger partial charge in [-0.15, -0.1) is 0 Å². The lowest BCUT2D eigenvalue weighted by molar-refractivity contribution is -0.116. The number of ether oxygens (including phenoxy) is 1. The lowest BCUT2D eigenvalue weighted by Crippen LogP contribution is -2.16. The highest BCUT2D eigenvalue weighted by atomic mass is 16.5. The number of carbonyl (C=O) groups is 1. The minimum absolute atomic E-state index is 0.212. The third-order valence-electron chi connectivity index (χ3n) is 1.89. The molecule has 1 rings (SSSR count). The Morgan fingerprint density at radius 3 is 3.17 bits per heavy atom. The molecule has 3 heteroatoms. The summed E-state index contributed by atoms with van der Waals surface area (Å²) in [5, 5.41) is 2.95. The Morgan fingerprint density at radius 1 is 1.75 bits per heavy atom. The van der Waals surface area contributed by atoms with Gasteiger partial charge in [0.1, 0.15) is 0 Å². The molecule has 0 radical (unpaired) electrons. The van der Waals surface area contributed by atoms with Crippen LogP contribution in [0.5, 0.6) is 0 Å². The molecule has 0 fully saturated rings. The maximum Gasteiger partial charge on any atom is 0.163 e. The lowest BCUT2D eigenvalue weighted by Gasteiger charge is -2.12. The molecule has 0 spiro atoms. The van der Waals surface area contributed by atoms with Crippen LogP contribution in [0.3, 0.4) is 0 Å². The van der Waals surface area contributed by atoms with Gasteiger partial charge < -0.3 is 10.1 Å². The zero-order valence-electron chi connectivity index (χ0n) is 7.43. The third kappa shape index (κ3) is 2.66. The van der Waals surface area contributed by atoms with Crippen LogP contribution in [-0.4, -0.2) is 26.0 Å². The standard InChI is InChI=1S/C9H15NO2/c1-10-5-4-9(11)8-3-2-6-12-7-8/h7,10H,2-6H2,1H3. The first-order chi connectivity index (χ1) is 5.84. The maximum atomic E-state index is 11.4. The minimum Gasteiger partial charge on any atom is -0.501 e. The number of hydrogen-bond donors (Lipinski definition) is 1. The minimum atomic E-state index is 0.212. The van der Waals surface area contributed by atoms with Crippen LogP contribution in [0.2, 0.25) is 0 Å². The summed E-state index contributed by atoms with van der Waals surface area (Å²) in [5.41, 5.74) is 0.844. The topological polar surface area (TPSA) is 38.3 Å². The smallest absolute Gasteiger partial charge is 0.163 e. The molecule has 0 saturated carbocycles. The summed E-state index contributed by atoms with van der Waals surface area (Å²) in [5.74, 6) is 0.212. The van der Waals surface area contributed by atoms with E-state index in [1.807, 2.05) is 7.05 Å². The number of allylic oxidation sites excluding steroid dienone is 1. The summed E-state index contributed by atoms with van der Waals surface area (Å²) >= 11 is 0. The molecule has 1 aliphatic heterocycles. The van der Waals surface area contributed by atoms with Crippen LogP contribution in [0, 0.1) is 0 Å². The molecular weight excluding hydrogens is 154 g/mol. The van der Waals surface area contributed by atoms with Gasteiger partial charge in [-0.2, -0.15) is 0 Å². The number of ketones is 1. The number of hydrogen-bond acceptors (Lipinski definition) is 3. The molecule has 0 aromatic rings. The van der Waals surface area contributed by atoms with Crippen LogP contribution in [0.4, 0.5) is 0 Å². The molecule has 1 aliphatic rings. The molecular formula is C9H15NO2. The summed E-state index contributed by atoms with van der Waals surface area (Å²) in [7, 11) is 1.85. The molecule has 0 amide bonds. The highest BCUT2D eigenvalue weighted by molar-refractivity contribution is 5.95. The molecule has 0 bridgehead atoms. The van der Waals surface area contributed by atoms with Crippen LogP contribution in [0.25, 0.3) is 0 Å². The monoisotopic (exact) mass is 169 g/mol. The number of rotatable bonds is 4. The van der Waals surface area contributed by atoms with Crippen LogP contribution >= 0.6 is 0 Å². The van der Waals surface area contributed by atoms with Crippen molar-refractivity contribution in [3.63, 3.8) is 0 Å². The van der Waals surface area contributed by atoms with Gasteiger partial charge >= 0.3 is 0 Å². The van der Waals surface area contributed by atoms with E-state index in [1.165, 1.54) is 0 Å². The molecule has 0 saturated heterocycles. The van der Waals surface area contributed by atoms with E-state index in [4.69, 9.17) is 4.74 Å². The largest absolute Gasteiger partial charge is 0.501 e. The van der Waals surface area contributed by atoms with Crippen molar-refractivity contribution >= 4 is 5.78 Å². The maximum absolute atomic E-state index is 11.4. The molecule has 0 aliphatic carbocycles. The van der Waals surface area contributed by atoms with Crippen LogP contribution in [0.15, 0.2) is 11.8 Å². The molecule has 68 valence electrons. The van der Waals surface area contributed by atoms with E-state index in [0.717, 1.165) is 31.6 Å². The molecule has 3 nitrogen and oxygen atoms in total. The van der Waals surface area contributed by atoms with Gasteiger partial charge in [0.2, 0.25) is 0 Å². The Morgan fingerprint density at radius 2 is 2.58 bits per heavy atom. The van der Waals surface area contributed by atoms with Crippen molar-refractivity contribution in [2.45, 2.75) is 19.3 Å². The van der Waals surface area contributed by atoms with Gasteiger partial charge in [0.05, 0.1) is 12.9 Å². The summed E-state index contributed by atoms with van der Waals surface area (Å²) in [6.45, 7) is 1.50. The summed E-state index contributed by atoms with van der Waals surface area (Å²) < 4.78 is 5.08. The second-order valence-corrected chi connectivity index (χ2v) is 2.89. The van der Waals surface area contributed by atoms with E-state index in [1.54, 1.807) is 6.26 Å². The zero-order valence-corrected chi connectivity index (χ0v) is 7.43. The number of Topliss-reactive ketones (excluding diaryl/α,β-unsaturated/α-hetero) is 1. The van der Waals surface area contributed by atoms with Gasteiger partial charge in [-0.05, 0) is 19.9 Å². The van der Waals surface area contributed by atoms with Crippen molar-refractivity contribution in [1.82, 2.24) is 5.32 Å². The fourth-order valence-corrected chi connectivity index (χ4v) is 1.17. The SMILES string of the molecule is CNCCC(=O)C1=COCCC1. The fraction of sp³-hybridized carbons (Fsp3) is 0.667. The van der Waals surface area contributed by atoms with Gasteiger partial charge in [-0.3, -0.25) is 4.79 Å². The average molecular weight is 169 g/mol. The second kappa shape index (κ2) is 4.93. The summed E-state index contributed by atoms with van der Waals surface area (Å²) in [4.78, 5) is 11.4. The van der Waals surface area contributed by atoms with Gasteiger partial charge in [-0.25, -0.2) is 0 Å². The van der Waals surface area contributed by atoms with Crippen molar-refractivity contribution in [2.75, 3.05) is 20.2 Å². The van der Waals surface area contributed by atoms with Crippen molar-refractivity contribution in [2.24, 2.45) is 0 Å². The van der Waals surface area contributed by atoms with Crippen LogP contribution in [0.1, 0.15) is 19.3 Å². The van der Waals surface area contributed by atoms with E-state index >= 15 is 0 Å². The van der Waals surface area contributed by atoms with E-state index in [9.17, 15) is 4.79 Å². The third-order valence-corrected chi connectivity index (χ3v) is 1.89. The Kier molecular flexibility index (Phi) is 3.80. The lowest BCUT2D eigenvalue weighted by atomic mass is 10.0. The average Bonchev–Trinajstić information content (AvgIpc) is 2.15. The quantitative estimate of drug-likeness (QED) is 0.678. The zero-order chi connectivity index (χ0) is 8.81. The molecule has 0 unspecified atom stereocenters. The van der Waals surface area contributed by atoms with E-state index in [0.29, 0.717) is 6.42 Å². The first-order valence-electron chi connectivity index (χ1n) is 4.33. The first-order valence-corrected chi connectivity index (χ1v) is 4.33. The summed E-state index contributed by atoms with van der Waals surface area (Å²) in [6, 6.07) is 0. The van der Waals surface area contributed by atoms with E-state index in [2.05, 4.69) is 5.32 Å². The number of carbonyl (C=O) groups excluding carboxylic acids is 1. The summed E-state index contributed by atoms with van der Waals surface area (Å²) in [6.07, 6.45) is 4.03. The first kappa shape index (κ1) is 9.26. The molecule has 1 heterocycles. The molecule has 0 atom stereocenters. The van der Waals surface area contributed by atoms with Gasteiger partial charge in [0.25, 0.3) is 0 Å². The predicted octanol–water partition coefficient (Wildman–Crippen LogP) is 0.859. The highest BCUT2D eigenvalue weighted by Crippen LogP contribution is 2.13. The Balaban J connectivity index is 2.35. The van der Waals surface area contributed by atoms with Gasteiger partial charge in [-0.1, -0.05) is 0 Å². The van der Waals surface area contributed by atoms with E-state index in [-0.39, 0.29) is 5.78 Å². The fourth-order valence-electron chi connectivity index (χ4n) is 1.17. The van der Waals surface area contributed by atoms with Crippen molar-refractivity contribution < 1.29 is 9.53 Å². The normalized spacial score (nSPS) is 16.6. The Hall–Kier alpha value is -0.830. The molecule has 0 aromatic heterocycles. The van der Waals surface area contributed by atoms with Crippen molar-refractivity contribution in [1.29, 1.82) is 0 Å². The number of nitrogens with one attached hydrogen (secondary N) is 1. The van der Waals surface area contributed by atoms with Crippen LogP contribution in [-0.2, 0) is 9.53 Å². The molecule has 0 aromatic carbocycles. The highest BCUT2D eigenvalue weighted by Gasteiger charge is 2.11. The second-order valence-electron chi connectivity index (χ2n) is 2.89. The van der Waals surface area contributed by atoms with Gasteiger partial charge in [0.15, 0.2) is 5.78 Å².